The fourth-order valence-corrected chi connectivity index (χ4v) is 4.53. The number of thioether (sulfide) groups is 1. The molecule has 0 saturated heterocycles. The molecule has 4 aromatic rings. The number of anilines is 1. The molecule has 0 atom stereocenters. The third kappa shape index (κ3) is 4.29. The number of furan rings is 1. The number of aromatic nitrogens is 4. The Hall–Kier alpha value is -2.98. The summed E-state index contributed by atoms with van der Waals surface area (Å²) in [5, 5.41) is 12.3. The fourth-order valence-electron chi connectivity index (χ4n) is 2.88. The lowest BCUT2D eigenvalue weighted by atomic mass is 10.1. The Kier molecular flexibility index (Phi) is 5.96. The first-order chi connectivity index (χ1) is 14.5. The van der Waals surface area contributed by atoms with E-state index in [1.54, 1.807) is 24.5 Å². The van der Waals surface area contributed by atoms with E-state index in [4.69, 9.17) is 4.42 Å². The van der Waals surface area contributed by atoms with E-state index in [1.165, 1.54) is 35.2 Å². The van der Waals surface area contributed by atoms with E-state index in [1.807, 2.05) is 24.5 Å². The second kappa shape index (κ2) is 8.80. The second-order valence-electron chi connectivity index (χ2n) is 6.30. The van der Waals surface area contributed by atoms with E-state index in [-0.39, 0.29) is 17.5 Å². The molecule has 154 valence electrons. The molecule has 3 heterocycles. The molecule has 0 unspecified atom stereocenters. The van der Waals surface area contributed by atoms with Gasteiger partial charge in [-0.1, -0.05) is 11.8 Å². The molecule has 0 saturated carbocycles. The van der Waals surface area contributed by atoms with E-state index in [0.717, 1.165) is 16.1 Å². The first-order valence-corrected chi connectivity index (χ1v) is 11.0. The molecule has 4 rings (SSSR count). The fraction of sp³-hybridized carbons (Fsp3) is 0.200. The summed E-state index contributed by atoms with van der Waals surface area (Å²) >= 11 is 2.68. The molecule has 7 nitrogen and oxygen atoms in total. The van der Waals surface area contributed by atoms with Crippen molar-refractivity contribution in [3.05, 3.63) is 53.4 Å². The average Bonchev–Trinajstić information content (AvgIpc) is 3.46. The van der Waals surface area contributed by atoms with Gasteiger partial charge in [0, 0.05) is 17.0 Å². The Labute approximate surface area is 180 Å². The van der Waals surface area contributed by atoms with Crippen molar-refractivity contribution in [1.82, 2.24) is 19.7 Å². The third-order valence-corrected chi connectivity index (χ3v) is 6.12. The highest BCUT2D eigenvalue weighted by atomic mass is 32.2. The van der Waals surface area contributed by atoms with E-state index >= 15 is 0 Å². The molecule has 3 aromatic heterocycles. The highest BCUT2D eigenvalue weighted by Crippen LogP contribution is 2.31. The average molecular weight is 444 g/mol. The number of hydrogen-bond donors (Lipinski definition) is 1. The van der Waals surface area contributed by atoms with Crippen LogP contribution in [0.2, 0.25) is 0 Å². The lowest BCUT2D eigenvalue weighted by molar-refractivity contribution is -0.113. The Balaban J connectivity index is 1.41. The molecule has 1 aromatic carbocycles. The number of aryl methyl sites for hydroxylation is 1. The highest BCUT2D eigenvalue weighted by Gasteiger charge is 2.17. The number of thiazole rings is 1. The van der Waals surface area contributed by atoms with Crippen LogP contribution in [0.4, 0.5) is 9.52 Å². The maximum Gasteiger partial charge on any atom is 0.236 e. The van der Waals surface area contributed by atoms with Crippen molar-refractivity contribution in [3.63, 3.8) is 0 Å². The molecule has 1 amide bonds. The molecule has 0 radical (unpaired) electrons. The summed E-state index contributed by atoms with van der Waals surface area (Å²) in [6.45, 7) is 4.55. The molecule has 30 heavy (non-hydrogen) atoms. The van der Waals surface area contributed by atoms with E-state index < -0.39 is 0 Å². The number of benzene rings is 1. The molecular formula is C20H18FN5O2S2. The van der Waals surface area contributed by atoms with Crippen molar-refractivity contribution in [2.24, 2.45) is 0 Å². The maximum absolute atomic E-state index is 13.1. The number of nitrogens with one attached hydrogen (secondary N) is 1. The highest BCUT2D eigenvalue weighted by molar-refractivity contribution is 7.99. The van der Waals surface area contributed by atoms with E-state index in [0.29, 0.717) is 28.4 Å². The van der Waals surface area contributed by atoms with Crippen molar-refractivity contribution in [2.45, 2.75) is 25.5 Å². The number of halogens is 1. The Morgan fingerprint density at radius 2 is 2.07 bits per heavy atom. The van der Waals surface area contributed by atoms with Gasteiger partial charge in [0.25, 0.3) is 0 Å². The molecule has 10 heteroatoms. The predicted octanol–water partition coefficient (Wildman–Crippen LogP) is 4.86. The zero-order valence-corrected chi connectivity index (χ0v) is 17.9. The van der Waals surface area contributed by atoms with E-state index in [2.05, 4.69) is 20.5 Å². The zero-order valence-electron chi connectivity index (χ0n) is 16.3. The van der Waals surface area contributed by atoms with E-state index in [9.17, 15) is 9.18 Å². The summed E-state index contributed by atoms with van der Waals surface area (Å²) in [4.78, 5) is 17.9. The lowest BCUT2D eigenvalue weighted by Gasteiger charge is -2.05. The van der Waals surface area contributed by atoms with Gasteiger partial charge in [-0.3, -0.25) is 9.36 Å². The Bertz CT molecular complexity index is 1150. The van der Waals surface area contributed by atoms with Gasteiger partial charge in [0.2, 0.25) is 5.91 Å². The zero-order chi connectivity index (χ0) is 21.1. The molecule has 0 aliphatic carbocycles. The van der Waals surface area contributed by atoms with Crippen molar-refractivity contribution in [3.8, 4) is 22.8 Å². The summed E-state index contributed by atoms with van der Waals surface area (Å²) in [5.41, 5.74) is 1.54. The van der Waals surface area contributed by atoms with Gasteiger partial charge in [-0.15, -0.1) is 21.5 Å². The summed E-state index contributed by atoms with van der Waals surface area (Å²) in [6.07, 6.45) is 1.58. The van der Waals surface area contributed by atoms with Crippen molar-refractivity contribution < 1.29 is 13.6 Å². The van der Waals surface area contributed by atoms with Crippen molar-refractivity contribution in [2.75, 3.05) is 11.1 Å². The minimum absolute atomic E-state index is 0.167. The number of carbonyl (C=O) groups is 1. The van der Waals surface area contributed by atoms with Crippen molar-refractivity contribution in [1.29, 1.82) is 0 Å². The number of carbonyl (C=O) groups excluding carboxylic acids is 1. The molecule has 0 aliphatic heterocycles. The lowest BCUT2D eigenvalue weighted by Crippen LogP contribution is -2.14. The predicted molar refractivity (Wildman–Crippen MR) is 115 cm³/mol. The van der Waals surface area contributed by atoms with Crippen LogP contribution in [0, 0.1) is 12.7 Å². The van der Waals surface area contributed by atoms with Gasteiger partial charge in [-0.2, -0.15) is 0 Å². The SMILES string of the molecule is CCn1c(SCC(=O)Nc2nc(-c3ccc(F)cc3)c(C)s2)nnc1-c1ccco1. The smallest absolute Gasteiger partial charge is 0.236 e. The minimum atomic E-state index is -0.299. The van der Waals surface area contributed by atoms with Crippen LogP contribution < -0.4 is 5.32 Å². The van der Waals surface area contributed by atoms with Gasteiger partial charge < -0.3 is 9.73 Å². The summed E-state index contributed by atoms with van der Waals surface area (Å²) in [7, 11) is 0. The second-order valence-corrected chi connectivity index (χ2v) is 8.44. The summed E-state index contributed by atoms with van der Waals surface area (Å²) < 4.78 is 20.4. The first kappa shape index (κ1) is 20.3. The van der Waals surface area contributed by atoms with Crippen LogP contribution in [0.1, 0.15) is 11.8 Å². The van der Waals surface area contributed by atoms with Gasteiger partial charge in [-0.05, 0) is 50.2 Å². The molecule has 0 bridgehead atoms. The molecular weight excluding hydrogens is 425 g/mol. The standard InChI is InChI=1S/C20H18FN5O2S2/c1-3-26-18(15-5-4-10-28-15)24-25-20(26)29-11-16(27)22-19-23-17(12(2)30-19)13-6-8-14(21)9-7-13/h4-10H,3,11H2,1-2H3,(H,22,23,27). The topological polar surface area (TPSA) is 85.8 Å². The Morgan fingerprint density at radius 1 is 1.27 bits per heavy atom. The van der Waals surface area contributed by atoms with Crippen LogP contribution >= 0.6 is 23.1 Å². The number of amides is 1. The molecule has 0 aliphatic rings. The quantitative estimate of drug-likeness (QED) is 0.411. The number of rotatable bonds is 7. The van der Waals surface area contributed by atoms with Gasteiger partial charge in [0.15, 0.2) is 21.9 Å². The summed E-state index contributed by atoms with van der Waals surface area (Å²) in [5.74, 6) is 0.940. The van der Waals surface area contributed by atoms with Gasteiger partial charge >= 0.3 is 0 Å². The Morgan fingerprint density at radius 3 is 2.77 bits per heavy atom. The van der Waals surface area contributed by atoms with Crippen molar-refractivity contribution >= 4 is 34.1 Å². The van der Waals surface area contributed by atoms with Crippen LogP contribution in [0.25, 0.3) is 22.8 Å². The first-order valence-electron chi connectivity index (χ1n) is 9.18. The molecule has 0 spiro atoms. The minimum Gasteiger partial charge on any atom is -0.461 e. The maximum atomic E-state index is 13.1. The molecule has 1 N–H and O–H groups in total. The largest absolute Gasteiger partial charge is 0.461 e. The van der Waals surface area contributed by atoms with Gasteiger partial charge in [-0.25, -0.2) is 9.37 Å². The normalized spacial score (nSPS) is 11.0. The summed E-state index contributed by atoms with van der Waals surface area (Å²) in [6, 6.07) is 9.75. The number of hydrogen-bond acceptors (Lipinski definition) is 7. The molecule has 0 fully saturated rings. The monoisotopic (exact) mass is 443 g/mol. The van der Waals surface area contributed by atoms with Crippen LogP contribution in [0.5, 0.6) is 0 Å². The van der Waals surface area contributed by atoms with Gasteiger partial charge in [0.05, 0.1) is 17.7 Å². The van der Waals surface area contributed by atoms with Crippen LogP contribution in [0.15, 0.2) is 52.2 Å². The van der Waals surface area contributed by atoms with Crippen LogP contribution in [-0.2, 0) is 11.3 Å². The third-order valence-electron chi connectivity index (χ3n) is 4.27. The van der Waals surface area contributed by atoms with Crippen LogP contribution in [0.3, 0.4) is 0 Å². The van der Waals surface area contributed by atoms with Crippen LogP contribution in [-0.4, -0.2) is 31.4 Å². The van der Waals surface area contributed by atoms with Gasteiger partial charge in [0.1, 0.15) is 5.82 Å². The number of nitrogens with zero attached hydrogens (tertiary/aromatic N) is 4.